The summed E-state index contributed by atoms with van der Waals surface area (Å²) < 4.78 is 4.77. The first-order valence-electron chi connectivity index (χ1n) is 5.10. The lowest BCUT2D eigenvalue weighted by atomic mass is 9.86. The van der Waals surface area contributed by atoms with Crippen molar-refractivity contribution in [2.24, 2.45) is 11.3 Å². The Morgan fingerprint density at radius 1 is 1.36 bits per heavy atom. The Labute approximate surface area is 87.2 Å². The second-order valence-corrected chi connectivity index (χ2v) is 5.12. The van der Waals surface area contributed by atoms with Crippen molar-refractivity contribution >= 4 is 5.97 Å². The van der Waals surface area contributed by atoms with Crippen LogP contribution in [0, 0.1) is 11.3 Å². The summed E-state index contributed by atoms with van der Waals surface area (Å²) in [6, 6.07) is -0.227. The van der Waals surface area contributed by atoms with E-state index >= 15 is 0 Å². The first-order valence-corrected chi connectivity index (χ1v) is 5.10. The lowest BCUT2D eigenvalue weighted by Gasteiger charge is -2.29. The third-order valence-corrected chi connectivity index (χ3v) is 2.03. The van der Waals surface area contributed by atoms with E-state index in [1.54, 1.807) is 0 Å². The van der Waals surface area contributed by atoms with Crippen molar-refractivity contribution in [2.45, 2.75) is 40.7 Å². The van der Waals surface area contributed by atoms with Crippen molar-refractivity contribution in [3.05, 3.63) is 0 Å². The van der Waals surface area contributed by atoms with Gasteiger partial charge in [-0.05, 0) is 17.9 Å². The Kier molecular flexibility index (Phi) is 5.13. The standard InChI is InChI=1S/C11H23NO2/c1-8(2)7-12-9(10(13)14-6)11(3,4)5/h8-9,12H,7H2,1-6H3. The third-order valence-electron chi connectivity index (χ3n) is 2.03. The summed E-state index contributed by atoms with van der Waals surface area (Å²) in [7, 11) is 1.43. The molecule has 14 heavy (non-hydrogen) atoms. The van der Waals surface area contributed by atoms with Crippen LogP contribution in [0.4, 0.5) is 0 Å². The van der Waals surface area contributed by atoms with Crippen LogP contribution < -0.4 is 5.32 Å². The molecule has 0 saturated heterocycles. The molecule has 84 valence electrons. The quantitative estimate of drug-likeness (QED) is 0.705. The Morgan fingerprint density at radius 2 is 1.86 bits per heavy atom. The normalized spacial score (nSPS) is 14.2. The largest absolute Gasteiger partial charge is 0.468 e. The monoisotopic (exact) mass is 201 g/mol. The summed E-state index contributed by atoms with van der Waals surface area (Å²) in [5.41, 5.74) is -0.109. The molecule has 0 aliphatic heterocycles. The van der Waals surface area contributed by atoms with Crippen LogP contribution in [0.5, 0.6) is 0 Å². The van der Waals surface area contributed by atoms with Crippen LogP contribution in [-0.2, 0) is 9.53 Å². The Hall–Kier alpha value is -0.570. The molecule has 0 aliphatic carbocycles. The molecule has 1 atom stereocenters. The molecule has 0 aromatic rings. The van der Waals surface area contributed by atoms with Crippen LogP contribution in [0.25, 0.3) is 0 Å². The van der Waals surface area contributed by atoms with Gasteiger partial charge in [-0.3, -0.25) is 4.79 Å². The molecule has 0 saturated carbocycles. The first-order chi connectivity index (χ1) is 6.29. The minimum absolute atomic E-state index is 0.109. The van der Waals surface area contributed by atoms with Crippen molar-refractivity contribution in [2.75, 3.05) is 13.7 Å². The molecule has 0 radical (unpaired) electrons. The second kappa shape index (κ2) is 5.35. The van der Waals surface area contributed by atoms with Crippen molar-refractivity contribution in [1.29, 1.82) is 0 Å². The lowest BCUT2D eigenvalue weighted by Crippen LogP contribution is -2.48. The summed E-state index contributed by atoms with van der Waals surface area (Å²) in [5, 5.41) is 3.24. The number of carbonyl (C=O) groups excluding carboxylic acids is 1. The number of ether oxygens (including phenoxy) is 1. The molecule has 0 rings (SSSR count). The van der Waals surface area contributed by atoms with Crippen LogP contribution in [0.1, 0.15) is 34.6 Å². The number of rotatable bonds is 4. The van der Waals surface area contributed by atoms with E-state index in [1.165, 1.54) is 7.11 Å². The smallest absolute Gasteiger partial charge is 0.323 e. The summed E-state index contributed by atoms with van der Waals surface area (Å²) in [5.74, 6) is 0.350. The Bertz CT molecular complexity index is 182. The van der Waals surface area contributed by atoms with Crippen LogP contribution in [0.2, 0.25) is 0 Å². The molecule has 3 heteroatoms. The molecule has 0 aromatic carbocycles. The molecule has 0 heterocycles. The van der Waals surface area contributed by atoms with Gasteiger partial charge in [0.25, 0.3) is 0 Å². The minimum Gasteiger partial charge on any atom is -0.468 e. The van der Waals surface area contributed by atoms with Gasteiger partial charge in [0.05, 0.1) is 7.11 Å². The van der Waals surface area contributed by atoms with E-state index in [0.717, 1.165) is 6.54 Å². The average Bonchev–Trinajstić information content (AvgIpc) is 2.01. The minimum atomic E-state index is -0.227. The van der Waals surface area contributed by atoms with Gasteiger partial charge in [-0.15, -0.1) is 0 Å². The van der Waals surface area contributed by atoms with E-state index in [0.29, 0.717) is 5.92 Å². The molecule has 0 aliphatic rings. The number of esters is 1. The molecule has 0 bridgehead atoms. The lowest BCUT2D eigenvalue weighted by molar-refractivity contribution is -0.146. The van der Waals surface area contributed by atoms with Crippen LogP contribution in [-0.4, -0.2) is 25.7 Å². The van der Waals surface area contributed by atoms with Crippen molar-refractivity contribution in [1.82, 2.24) is 5.32 Å². The highest BCUT2D eigenvalue weighted by atomic mass is 16.5. The van der Waals surface area contributed by atoms with Crippen molar-refractivity contribution < 1.29 is 9.53 Å². The number of hydrogen-bond acceptors (Lipinski definition) is 3. The highest BCUT2D eigenvalue weighted by Gasteiger charge is 2.31. The molecule has 0 amide bonds. The van der Waals surface area contributed by atoms with Crippen molar-refractivity contribution in [3.63, 3.8) is 0 Å². The van der Waals surface area contributed by atoms with Gasteiger partial charge in [-0.25, -0.2) is 0 Å². The second-order valence-electron chi connectivity index (χ2n) is 5.12. The number of methoxy groups -OCH3 is 1. The van der Waals surface area contributed by atoms with Gasteiger partial charge in [0.15, 0.2) is 0 Å². The van der Waals surface area contributed by atoms with Gasteiger partial charge >= 0.3 is 5.97 Å². The Balaban J connectivity index is 4.34. The van der Waals surface area contributed by atoms with Gasteiger partial charge in [0.1, 0.15) is 6.04 Å². The fourth-order valence-corrected chi connectivity index (χ4v) is 1.21. The fourth-order valence-electron chi connectivity index (χ4n) is 1.21. The zero-order valence-electron chi connectivity index (χ0n) is 10.2. The maximum Gasteiger partial charge on any atom is 0.323 e. The van der Waals surface area contributed by atoms with E-state index in [1.807, 2.05) is 20.8 Å². The van der Waals surface area contributed by atoms with Crippen molar-refractivity contribution in [3.8, 4) is 0 Å². The maximum absolute atomic E-state index is 11.5. The number of nitrogens with one attached hydrogen (secondary N) is 1. The zero-order valence-corrected chi connectivity index (χ0v) is 10.2. The molecule has 1 unspecified atom stereocenters. The van der Waals surface area contributed by atoms with Gasteiger partial charge in [0, 0.05) is 0 Å². The van der Waals surface area contributed by atoms with Crippen LogP contribution in [0.15, 0.2) is 0 Å². The summed E-state index contributed by atoms with van der Waals surface area (Å²) in [6.45, 7) is 11.1. The van der Waals surface area contributed by atoms with E-state index in [2.05, 4.69) is 19.2 Å². The van der Waals surface area contributed by atoms with E-state index in [-0.39, 0.29) is 17.4 Å². The molecule has 0 aromatic heterocycles. The summed E-state index contributed by atoms with van der Waals surface area (Å²) >= 11 is 0. The fraction of sp³-hybridized carbons (Fsp3) is 0.909. The highest BCUT2D eigenvalue weighted by molar-refractivity contribution is 5.76. The highest BCUT2D eigenvalue weighted by Crippen LogP contribution is 2.20. The number of carbonyl (C=O) groups is 1. The topological polar surface area (TPSA) is 38.3 Å². The van der Waals surface area contributed by atoms with Gasteiger partial charge in [0.2, 0.25) is 0 Å². The molecule has 0 fully saturated rings. The molecular weight excluding hydrogens is 178 g/mol. The number of hydrogen-bond donors (Lipinski definition) is 1. The van der Waals surface area contributed by atoms with E-state index < -0.39 is 0 Å². The third kappa shape index (κ3) is 4.61. The molecule has 1 N–H and O–H groups in total. The SMILES string of the molecule is COC(=O)C(NCC(C)C)C(C)(C)C. The predicted octanol–water partition coefficient (Wildman–Crippen LogP) is 1.82. The van der Waals surface area contributed by atoms with Gasteiger partial charge in [-0.2, -0.15) is 0 Å². The predicted molar refractivity (Wildman–Crippen MR) is 58.1 cm³/mol. The van der Waals surface area contributed by atoms with Crippen LogP contribution in [0.3, 0.4) is 0 Å². The van der Waals surface area contributed by atoms with Gasteiger partial charge in [-0.1, -0.05) is 34.6 Å². The van der Waals surface area contributed by atoms with Crippen LogP contribution >= 0.6 is 0 Å². The summed E-state index contributed by atoms with van der Waals surface area (Å²) in [4.78, 5) is 11.5. The molecule has 0 spiro atoms. The maximum atomic E-state index is 11.5. The van der Waals surface area contributed by atoms with E-state index in [9.17, 15) is 4.79 Å². The average molecular weight is 201 g/mol. The summed E-state index contributed by atoms with van der Waals surface area (Å²) in [6.07, 6.45) is 0. The molecular formula is C11H23NO2. The van der Waals surface area contributed by atoms with E-state index in [4.69, 9.17) is 4.74 Å². The Morgan fingerprint density at radius 3 is 2.14 bits per heavy atom. The van der Waals surface area contributed by atoms with Gasteiger partial charge < -0.3 is 10.1 Å². The first kappa shape index (κ1) is 13.4. The molecule has 3 nitrogen and oxygen atoms in total. The zero-order chi connectivity index (χ0) is 11.4.